The van der Waals surface area contributed by atoms with Gasteiger partial charge in [0.2, 0.25) is 0 Å². The van der Waals surface area contributed by atoms with Crippen LogP contribution in [0, 0.1) is 0 Å². The Bertz CT molecular complexity index is 661. The monoisotopic (exact) mass is 300 g/mol. The highest BCUT2D eigenvalue weighted by molar-refractivity contribution is 5.89. The molecule has 6 nitrogen and oxygen atoms in total. The highest BCUT2D eigenvalue weighted by atomic mass is 16.2. The van der Waals surface area contributed by atoms with Crippen molar-refractivity contribution in [3.8, 4) is 11.3 Å². The number of carbonyl (C=O) groups is 1. The standard InChI is InChI=1S/C16H20N4O2/c1-2-3-4-10-17-16(22)18-13-7-5-6-12(11-13)14-8-9-15(21)20-19-14/h5-9,11H,2-4,10H2,1H3,(H,20,21)(H2,17,18,22). The van der Waals surface area contributed by atoms with Crippen LogP contribution in [-0.2, 0) is 0 Å². The van der Waals surface area contributed by atoms with Gasteiger partial charge in [-0.2, -0.15) is 5.10 Å². The average molecular weight is 300 g/mol. The Morgan fingerprint density at radius 2 is 2.09 bits per heavy atom. The molecule has 1 heterocycles. The number of amides is 2. The van der Waals surface area contributed by atoms with Crippen LogP contribution in [0.5, 0.6) is 0 Å². The number of nitrogens with one attached hydrogen (secondary N) is 3. The van der Waals surface area contributed by atoms with Gasteiger partial charge in [-0.15, -0.1) is 0 Å². The van der Waals surface area contributed by atoms with Crippen LogP contribution < -0.4 is 16.2 Å². The lowest BCUT2D eigenvalue weighted by atomic mass is 10.1. The molecule has 2 aromatic rings. The van der Waals surface area contributed by atoms with Gasteiger partial charge in [0.1, 0.15) is 0 Å². The summed E-state index contributed by atoms with van der Waals surface area (Å²) >= 11 is 0. The van der Waals surface area contributed by atoms with E-state index < -0.39 is 0 Å². The van der Waals surface area contributed by atoms with Gasteiger partial charge in [0.15, 0.2) is 0 Å². The maximum atomic E-state index is 11.8. The Hall–Kier alpha value is -2.63. The molecule has 22 heavy (non-hydrogen) atoms. The molecular formula is C16H20N4O2. The van der Waals surface area contributed by atoms with Crippen molar-refractivity contribution in [3.05, 3.63) is 46.8 Å². The molecular weight excluding hydrogens is 280 g/mol. The quantitative estimate of drug-likeness (QED) is 0.717. The first-order chi connectivity index (χ1) is 10.7. The number of urea groups is 1. The minimum Gasteiger partial charge on any atom is -0.338 e. The predicted molar refractivity (Wildman–Crippen MR) is 86.8 cm³/mol. The molecule has 0 fully saturated rings. The summed E-state index contributed by atoms with van der Waals surface area (Å²) in [5, 5.41) is 12.0. The smallest absolute Gasteiger partial charge is 0.319 e. The first kappa shape index (κ1) is 15.8. The van der Waals surface area contributed by atoms with Gasteiger partial charge in [0.05, 0.1) is 5.69 Å². The molecule has 6 heteroatoms. The van der Waals surface area contributed by atoms with E-state index in [0.717, 1.165) is 24.8 Å². The van der Waals surface area contributed by atoms with E-state index in [1.54, 1.807) is 12.1 Å². The van der Waals surface area contributed by atoms with E-state index in [-0.39, 0.29) is 11.6 Å². The first-order valence-corrected chi connectivity index (χ1v) is 7.40. The molecule has 0 aliphatic carbocycles. The second-order valence-corrected chi connectivity index (χ2v) is 4.98. The summed E-state index contributed by atoms with van der Waals surface area (Å²) in [4.78, 5) is 22.8. The average Bonchev–Trinajstić information content (AvgIpc) is 2.52. The van der Waals surface area contributed by atoms with E-state index in [1.165, 1.54) is 6.07 Å². The molecule has 0 unspecified atom stereocenters. The summed E-state index contributed by atoms with van der Waals surface area (Å²) in [6.45, 7) is 2.79. The lowest BCUT2D eigenvalue weighted by Crippen LogP contribution is -2.29. The van der Waals surface area contributed by atoms with Crippen LogP contribution in [0.3, 0.4) is 0 Å². The van der Waals surface area contributed by atoms with Crippen molar-refractivity contribution >= 4 is 11.7 Å². The van der Waals surface area contributed by atoms with Crippen molar-refractivity contribution in [1.82, 2.24) is 15.5 Å². The number of H-pyrrole nitrogens is 1. The summed E-state index contributed by atoms with van der Waals surface area (Å²) in [6.07, 6.45) is 3.20. The predicted octanol–water partition coefficient (Wildman–Crippen LogP) is 2.75. The molecule has 1 aromatic heterocycles. The van der Waals surface area contributed by atoms with Gasteiger partial charge in [0.25, 0.3) is 5.56 Å². The molecule has 116 valence electrons. The van der Waals surface area contributed by atoms with Gasteiger partial charge < -0.3 is 10.6 Å². The third-order valence-electron chi connectivity index (χ3n) is 3.16. The summed E-state index contributed by atoms with van der Waals surface area (Å²) in [7, 11) is 0. The zero-order chi connectivity index (χ0) is 15.8. The summed E-state index contributed by atoms with van der Waals surface area (Å²) in [6, 6.07) is 10.2. The number of aromatic amines is 1. The number of carbonyl (C=O) groups excluding carboxylic acids is 1. The highest BCUT2D eigenvalue weighted by Crippen LogP contribution is 2.19. The second-order valence-electron chi connectivity index (χ2n) is 4.98. The Labute approximate surface area is 129 Å². The number of rotatable bonds is 6. The van der Waals surface area contributed by atoms with E-state index in [1.807, 2.05) is 18.2 Å². The third-order valence-corrected chi connectivity index (χ3v) is 3.16. The number of aromatic nitrogens is 2. The normalized spacial score (nSPS) is 10.2. The van der Waals surface area contributed by atoms with Crippen molar-refractivity contribution in [2.45, 2.75) is 26.2 Å². The molecule has 2 rings (SSSR count). The Morgan fingerprint density at radius 3 is 2.82 bits per heavy atom. The lowest BCUT2D eigenvalue weighted by molar-refractivity contribution is 0.252. The zero-order valence-corrected chi connectivity index (χ0v) is 12.6. The van der Waals surface area contributed by atoms with E-state index in [4.69, 9.17) is 0 Å². The van der Waals surface area contributed by atoms with E-state index in [2.05, 4.69) is 27.8 Å². The van der Waals surface area contributed by atoms with Crippen LogP contribution in [0.1, 0.15) is 26.2 Å². The van der Waals surface area contributed by atoms with Crippen LogP contribution in [0.4, 0.5) is 10.5 Å². The van der Waals surface area contributed by atoms with Gasteiger partial charge in [-0.3, -0.25) is 4.79 Å². The van der Waals surface area contributed by atoms with Gasteiger partial charge >= 0.3 is 6.03 Å². The number of nitrogens with zero attached hydrogens (tertiary/aromatic N) is 1. The maximum Gasteiger partial charge on any atom is 0.319 e. The minimum absolute atomic E-state index is 0.220. The first-order valence-electron chi connectivity index (χ1n) is 7.40. The van der Waals surface area contributed by atoms with Crippen LogP contribution in [0.15, 0.2) is 41.2 Å². The van der Waals surface area contributed by atoms with E-state index in [0.29, 0.717) is 17.9 Å². The van der Waals surface area contributed by atoms with Crippen molar-refractivity contribution < 1.29 is 4.79 Å². The van der Waals surface area contributed by atoms with Crippen molar-refractivity contribution in [2.24, 2.45) is 0 Å². The van der Waals surface area contributed by atoms with Gasteiger partial charge in [-0.1, -0.05) is 31.9 Å². The largest absolute Gasteiger partial charge is 0.338 e. The number of unbranched alkanes of at least 4 members (excludes halogenated alkanes) is 2. The van der Waals surface area contributed by atoms with Gasteiger partial charge in [0, 0.05) is 23.9 Å². The summed E-state index contributed by atoms with van der Waals surface area (Å²) < 4.78 is 0. The molecule has 0 bridgehead atoms. The zero-order valence-electron chi connectivity index (χ0n) is 12.6. The topological polar surface area (TPSA) is 86.9 Å². The van der Waals surface area contributed by atoms with Crippen molar-refractivity contribution in [2.75, 3.05) is 11.9 Å². The molecule has 0 atom stereocenters. The second kappa shape index (κ2) is 7.97. The number of hydrogen-bond acceptors (Lipinski definition) is 3. The lowest BCUT2D eigenvalue weighted by Gasteiger charge is -2.08. The maximum absolute atomic E-state index is 11.8. The van der Waals surface area contributed by atoms with Crippen LogP contribution in [0.2, 0.25) is 0 Å². The number of hydrogen-bond donors (Lipinski definition) is 3. The molecule has 3 N–H and O–H groups in total. The van der Waals surface area contributed by atoms with Crippen LogP contribution >= 0.6 is 0 Å². The SMILES string of the molecule is CCCCCNC(=O)Nc1cccc(-c2ccc(=O)[nH]n2)c1. The fourth-order valence-electron chi connectivity index (χ4n) is 2.01. The Balaban J connectivity index is 1.98. The molecule has 0 saturated carbocycles. The Kier molecular flexibility index (Phi) is 5.71. The molecule has 0 saturated heterocycles. The van der Waals surface area contributed by atoms with Gasteiger partial charge in [-0.05, 0) is 24.6 Å². The van der Waals surface area contributed by atoms with Gasteiger partial charge in [-0.25, -0.2) is 9.89 Å². The summed E-state index contributed by atoms with van der Waals surface area (Å²) in [5.41, 5.74) is 1.90. The van der Waals surface area contributed by atoms with E-state index >= 15 is 0 Å². The molecule has 2 amide bonds. The third kappa shape index (κ3) is 4.73. The van der Waals surface area contributed by atoms with E-state index in [9.17, 15) is 9.59 Å². The molecule has 1 aromatic carbocycles. The fraction of sp³-hybridized carbons (Fsp3) is 0.312. The van der Waals surface area contributed by atoms with Crippen LogP contribution in [0.25, 0.3) is 11.3 Å². The minimum atomic E-state index is -0.246. The molecule has 0 aliphatic rings. The summed E-state index contributed by atoms with van der Waals surface area (Å²) in [5.74, 6) is 0. The number of benzene rings is 1. The molecule has 0 aliphatic heterocycles. The molecule has 0 radical (unpaired) electrons. The van der Waals surface area contributed by atoms with Crippen molar-refractivity contribution in [1.29, 1.82) is 0 Å². The van der Waals surface area contributed by atoms with Crippen LogP contribution in [-0.4, -0.2) is 22.8 Å². The van der Waals surface area contributed by atoms with Crippen molar-refractivity contribution in [3.63, 3.8) is 0 Å². The Morgan fingerprint density at radius 1 is 1.23 bits per heavy atom. The highest BCUT2D eigenvalue weighted by Gasteiger charge is 2.04. The fourth-order valence-corrected chi connectivity index (χ4v) is 2.01. The molecule has 0 spiro atoms. The number of anilines is 1.